The number of fused-ring (bicyclic) bond motifs is 1. The van der Waals surface area contributed by atoms with Gasteiger partial charge in [-0.2, -0.15) is 0 Å². The number of aromatic nitrogens is 1. The molecule has 0 bridgehead atoms. The summed E-state index contributed by atoms with van der Waals surface area (Å²) in [6, 6.07) is 2.44. The van der Waals surface area contributed by atoms with Crippen LogP contribution < -0.4 is 11.5 Å². The number of aliphatic hydroxyl groups excluding tert-OH is 1. The average molecular weight is 226 g/mol. The van der Waals surface area contributed by atoms with Gasteiger partial charge in [0.1, 0.15) is 5.82 Å². The summed E-state index contributed by atoms with van der Waals surface area (Å²) in [5.74, 6) is -1.18. The number of hydrogen-bond donors (Lipinski definition) is 2. The number of aryl methyl sites for hydroxylation is 1. The molecule has 0 aliphatic rings. The first-order chi connectivity index (χ1) is 7.54. The zero-order valence-electron chi connectivity index (χ0n) is 8.61. The molecule has 1 unspecified atom stereocenters. The summed E-state index contributed by atoms with van der Waals surface area (Å²) in [5, 5.41) is 9.45. The monoisotopic (exact) mass is 226 g/mol. The van der Waals surface area contributed by atoms with Crippen molar-refractivity contribution in [2.75, 3.05) is 6.54 Å². The van der Waals surface area contributed by atoms with E-state index in [0.29, 0.717) is 5.52 Å². The molecule has 0 aliphatic carbocycles. The Hall–Kier alpha value is -1.66. The number of aliphatic hydroxyl groups is 1. The normalized spacial score (nSPS) is 13.2. The van der Waals surface area contributed by atoms with Crippen molar-refractivity contribution in [1.29, 1.82) is 0 Å². The summed E-state index contributed by atoms with van der Waals surface area (Å²) < 4.78 is 19.6. The quantitative estimate of drug-likeness (QED) is 0.769. The van der Waals surface area contributed by atoms with Crippen LogP contribution in [0, 0.1) is 5.82 Å². The van der Waals surface area contributed by atoms with Gasteiger partial charge < -0.3 is 15.3 Å². The molecule has 86 valence electrons. The summed E-state index contributed by atoms with van der Waals surface area (Å²) in [5.41, 5.74) is 5.85. The van der Waals surface area contributed by atoms with Crippen molar-refractivity contribution in [3.63, 3.8) is 0 Å². The van der Waals surface area contributed by atoms with Crippen LogP contribution >= 0.6 is 0 Å². The summed E-state index contributed by atoms with van der Waals surface area (Å²) in [6.45, 7) is -0.0977. The summed E-state index contributed by atoms with van der Waals surface area (Å²) in [6.07, 6.45) is -1.10. The molecule has 0 spiro atoms. The van der Waals surface area contributed by atoms with Gasteiger partial charge >= 0.3 is 5.76 Å². The minimum Gasteiger partial charge on any atom is -0.408 e. The van der Waals surface area contributed by atoms with Gasteiger partial charge in [-0.15, -0.1) is 0 Å². The van der Waals surface area contributed by atoms with Crippen molar-refractivity contribution in [1.82, 2.24) is 4.57 Å². The van der Waals surface area contributed by atoms with Crippen LogP contribution in [0.1, 0.15) is 11.7 Å². The van der Waals surface area contributed by atoms with Crippen molar-refractivity contribution < 1.29 is 13.9 Å². The van der Waals surface area contributed by atoms with E-state index in [0.717, 1.165) is 6.07 Å². The van der Waals surface area contributed by atoms with Gasteiger partial charge in [0.2, 0.25) is 0 Å². The summed E-state index contributed by atoms with van der Waals surface area (Å²) in [4.78, 5) is 11.2. The smallest absolute Gasteiger partial charge is 0.408 e. The third-order valence-electron chi connectivity index (χ3n) is 2.49. The lowest BCUT2D eigenvalue weighted by atomic mass is 10.1. The Bertz CT molecular complexity index is 587. The van der Waals surface area contributed by atoms with Gasteiger partial charge in [0.15, 0.2) is 5.58 Å². The highest BCUT2D eigenvalue weighted by Crippen LogP contribution is 2.22. The predicted molar refractivity (Wildman–Crippen MR) is 55.4 cm³/mol. The second-order valence-electron chi connectivity index (χ2n) is 3.52. The Morgan fingerprint density at radius 1 is 1.62 bits per heavy atom. The van der Waals surface area contributed by atoms with Crippen LogP contribution in [-0.2, 0) is 7.05 Å². The van der Waals surface area contributed by atoms with Crippen molar-refractivity contribution in [2.45, 2.75) is 6.10 Å². The molecule has 0 fully saturated rings. The molecule has 16 heavy (non-hydrogen) atoms. The van der Waals surface area contributed by atoms with Gasteiger partial charge in [0.25, 0.3) is 0 Å². The van der Waals surface area contributed by atoms with E-state index in [1.807, 2.05) is 0 Å². The third kappa shape index (κ3) is 1.52. The molecule has 0 aliphatic heterocycles. The molecule has 0 saturated heterocycles. The number of nitrogens with zero attached hydrogens (tertiary/aromatic N) is 1. The lowest BCUT2D eigenvalue weighted by Crippen LogP contribution is -2.13. The maximum absolute atomic E-state index is 13.6. The predicted octanol–water partition coefficient (Wildman–Crippen LogP) is 0.263. The van der Waals surface area contributed by atoms with Crippen LogP contribution in [0.15, 0.2) is 21.3 Å². The zero-order chi connectivity index (χ0) is 11.9. The lowest BCUT2D eigenvalue weighted by Gasteiger charge is -2.08. The molecular formula is C10H11FN2O3. The van der Waals surface area contributed by atoms with E-state index in [9.17, 15) is 14.3 Å². The fourth-order valence-corrected chi connectivity index (χ4v) is 1.55. The van der Waals surface area contributed by atoms with Gasteiger partial charge in [-0.1, -0.05) is 0 Å². The molecule has 1 heterocycles. The number of nitrogens with two attached hydrogens (primary N) is 1. The van der Waals surface area contributed by atoms with Crippen LogP contribution in [0.25, 0.3) is 11.1 Å². The van der Waals surface area contributed by atoms with Gasteiger partial charge in [-0.25, -0.2) is 9.18 Å². The molecule has 3 N–H and O–H groups in total. The van der Waals surface area contributed by atoms with Crippen molar-refractivity contribution in [2.24, 2.45) is 12.8 Å². The first kappa shape index (κ1) is 10.8. The van der Waals surface area contributed by atoms with Crippen LogP contribution in [0.2, 0.25) is 0 Å². The molecule has 0 amide bonds. The van der Waals surface area contributed by atoms with E-state index in [1.54, 1.807) is 0 Å². The number of benzene rings is 1. The van der Waals surface area contributed by atoms with E-state index in [1.165, 1.54) is 17.7 Å². The topological polar surface area (TPSA) is 81.4 Å². The van der Waals surface area contributed by atoms with Gasteiger partial charge in [-0.05, 0) is 6.07 Å². The SMILES string of the molecule is Cn1c(=O)oc2cc(C(O)CN)c(F)cc21. The second kappa shape index (κ2) is 3.73. The van der Waals surface area contributed by atoms with E-state index in [4.69, 9.17) is 10.2 Å². The minimum atomic E-state index is -1.10. The minimum absolute atomic E-state index is 0.0318. The van der Waals surface area contributed by atoms with Gasteiger partial charge in [-0.3, -0.25) is 4.57 Å². The number of oxazole rings is 1. The largest absolute Gasteiger partial charge is 0.419 e. The molecule has 0 saturated carbocycles. The first-order valence-electron chi connectivity index (χ1n) is 4.71. The number of rotatable bonds is 2. The zero-order valence-corrected chi connectivity index (χ0v) is 8.61. The molecule has 2 aromatic rings. The first-order valence-corrected chi connectivity index (χ1v) is 4.71. The van der Waals surface area contributed by atoms with E-state index < -0.39 is 17.7 Å². The Balaban J connectivity index is 2.72. The highest BCUT2D eigenvalue weighted by atomic mass is 19.1. The maximum atomic E-state index is 13.6. The van der Waals surface area contributed by atoms with Gasteiger partial charge in [0, 0.05) is 25.2 Å². The number of hydrogen-bond acceptors (Lipinski definition) is 4. The molecule has 6 heteroatoms. The van der Waals surface area contributed by atoms with E-state index in [2.05, 4.69) is 0 Å². The van der Waals surface area contributed by atoms with Crippen molar-refractivity contribution >= 4 is 11.1 Å². The van der Waals surface area contributed by atoms with Crippen molar-refractivity contribution in [3.8, 4) is 0 Å². The number of halogens is 1. The Labute approximate surface area is 89.9 Å². The van der Waals surface area contributed by atoms with Crippen molar-refractivity contribution in [3.05, 3.63) is 34.1 Å². The lowest BCUT2D eigenvalue weighted by molar-refractivity contribution is 0.182. The highest BCUT2D eigenvalue weighted by Gasteiger charge is 2.16. The second-order valence-corrected chi connectivity index (χ2v) is 3.52. The summed E-state index contributed by atoms with van der Waals surface area (Å²) >= 11 is 0. The fraction of sp³-hybridized carbons (Fsp3) is 0.300. The Morgan fingerprint density at radius 3 is 2.94 bits per heavy atom. The van der Waals surface area contributed by atoms with Gasteiger partial charge in [0.05, 0.1) is 11.6 Å². The third-order valence-corrected chi connectivity index (χ3v) is 2.49. The fourth-order valence-electron chi connectivity index (χ4n) is 1.55. The molecule has 5 nitrogen and oxygen atoms in total. The molecular weight excluding hydrogens is 215 g/mol. The van der Waals surface area contributed by atoms with E-state index >= 15 is 0 Å². The Kier molecular flexibility index (Phi) is 2.53. The Morgan fingerprint density at radius 2 is 2.31 bits per heavy atom. The molecule has 2 rings (SSSR count). The van der Waals surface area contributed by atoms with Crippen LogP contribution in [0.3, 0.4) is 0 Å². The average Bonchev–Trinajstić information content (AvgIpc) is 2.53. The summed E-state index contributed by atoms with van der Waals surface area (Å²) in [7, 11) is 1.48. The molecule has 1 aromatic heterocycles. The molecule has 1 aromatic carbocycles. The van der Waals surface area contributed by atoms with Crippen LogP contribution in [0.4, 0.5) is 4.39 Å². The van der Waals surface area contributed by atoms with Crippen LogP contribution in [-0.4, -0.2) is 16.2 Å². The standard InChI is InChI=1S/C10H11FN2O3/c1-13-7-3-6(11)5(8(14)4-12)2-9(7)16-10(13)15/h2-3,8,14H,4,12H2,1H3. The molecule has 1 atom stereocenters. The highest BCUT2D eigenvalue weighted by molar-refractivity contribution is 5.74. The molecule has 0 radical (unpaired) electrons. The maximum Gasteiger partial charge on any atom is 0.419 e. The van der Waals surface area contributed by atoms with E-state index in [-0.39, 0.29) is 17.7 Å². The van der Waals surface area contributed by atoms with Crippen LogP contribution in [0.5, 0.6) is 0 Å².